The van der Waals surface area contributed by atoms with Crippen molar-refractivity contribution in [3.05, 3.63) is 0 Å². The van der Waals surface area contributed by atoms with Crippen LogP contribution in [0.3, 0.4) is 0 Å². The van der Waals surface area contributed by atoms with Gasteiger partial charge in [0.2, 0.25) is 0 Å². The van der Waals surface area contributed by atoms with E-state index in [4.69, 9.17) is 4.74 Å². The van der Waals surface area contributed by atoms with Crippen molar-refractivity contribution in [3.63, 3.8) is 0 Å². The van der Waals surface area contributed by atoms with E-state index in [1.807, 2.05) is 0 Å². The molecule has 2 heterocycles. The molecule has 2 aliphatic heterocycles. The Bertz CT molecular complexity index is 167. The summed E-state index contributed by atoms with van der Waals surface area (Å²) in [6, 6.07) is 0.741. The second kappa shape index (κ2) is 5.10. The van der Waals surface area contributed by atoms with E-state index in [0.29, 0.717) is 0 Å². The summed E-state index contributed by atoms with van der Waals surface area (Å²) in [5, 5.41) is 3.50. The predicted octanol–water partition coefficient (Wildman–Crippen LogP) is 0.707. The normalized spacial score (nSPS) is 36.6. The fraction of sp³-hybridized carbons (Fsp3) is 1.00. The van der Waals surface area contributed by atoms with Crippen LogP contribution >= 0.6 is 0 Å². The third-order valence-corrected chi connectivity index (χ3v) is 3.51. The Morgan fingerprint density at radius 1 is 1.29 bits per heavy atom. The highest BCUT2D eigenvalue weighted by molar-refractivity contribution is 4.84. The average molecular weight is 198 g/mol. The highest BCUT2D eigenvalue weighted by atomic mass is 16.5. The van der Waals surface area contributed by atoms with E-state index < -0.39 is 0 Å². The van der Waals surface area contributed by atoms with Crippen LogP contribution in [0, 0.1) is 5.92 Å². The zero-order chi connectivity index (χ0) is 9.80. The third-order valence-electron chi connectivity index (χ3n) is 3.51. The molecule has 2 atom stereocenters. The summed E-state index contributed by atoms with van der Waals surface area (Å²) in [5.41, 5.74) is 0. The Morgan fingerprint density at radius 3 is 3.07 bits per heavy atom. The Morgan fingerprint density at radius 2 is 2.21 bits per heavy atom. The number of nitrogens with zero attached hydrogens (tertiary/aromatic N) is 1. The van der Waals surface area contributed by atoms with Gasteiger partial charge in [0.25, 0.3) is 0 Å². The topological polar surface area (TPSA) is 24.5 Å². The van der Waals surface area contributed by atoms with Gasteiger partial charge < -0.3 is 10.1 Å². The van der Waals surface area contributed by atoms with Gasteiger partial charge in [-0.2, -0.15) is 0 Å². The molecule has 82 valence electrons. The highest BCUT2D eigenvalue weighted by Gasteiger charge is 2.27. The molecule has 14 heavy (non-hydrogen) atoms. The van der Waals surface area contributed by atoms with Crippen LogP contribution in [0.15, 0.2) is 0 Å². The Labute approximate surface area is 86.8 Å². The fourth-order valence-electron chi connectivity index (χ4n) is 2.56. The Hall–Kier alpha value is -0.120. The maximum atomic E-state index is 5.49. The molecule has 0 aromatic heterocycles. The highest BCUT2D eigenvalue weighted by Crippen LogP contribution is 2.18. The van der Waals surface area contributed by atoms with Crippen molar-refractivity contribution < 1.29 is 4.74 Å². The van der Waals surface area contributed by atoms with Gasteiger partial charge in [-0.3, -0.25) is 4.90 Å². The molecule has 1 N–H and O–H groups in total. The van der Waals surface area contributed by atoms with E-state index in [2.05, 4.69) is 17.1 Å². The maximum absolute atomic E-state index is 5.49. The number of piperidine rings is 1. The molecule has 0 amide bonds. The van der Waals surface area contributed by atoms with E-state index in [0.717, 1.165) is 31.7 Å². The predicted molar refractivity (Wildman–Crippen MR) is 57.4 cm³/mol. The lowest BCUT2D eigenvalue weighted by molar-refractivity contribution is 0.104. The summed E-state index contributed by atoms with van der Waals surface area (Å²) < 4.78 is 5.49. The first-order valence-electron chi connectivity index (χ1n) is 5.90. The van der Waals surface area contributed by atoms with Crippen LogP contribution in [0.1, 0.15) is 19.8 Å². The largest absolute Gasteiger partial charge is 0.380 e. The third kappa shape index (κ3) is 2.47. The Kier molecular flexibility index (Phi) is 3.79. The molecule has 0 saturated carbocycles. The van der Waals surface area contributed by atoms with E-state index in [1.165, 1.54) is 32.5 Å². The van der Waals surface area contributed by atoms with Gasteiger partial charge in [-0.25, -0.2) is 0 Å². The van der Waals surface area contributed by atoms with Crippen LogP contribution in [0.5, 0.6) is 0 Å². The summed E-state index contributed by atoms with van der Waals surface area (Å²) in [4.78, 5) is 2.61. The van der Waals surface area contributed by atoms with Gasteiger partial charge in [-0.15, -0.1) is 0 Å². The second-order valence-corrected chi connectivity index (χ2v) is 4.54. The molecular weight excluding hydrogens is 176 g/mol. The fourth-order valence-corrected chi connectivity index (χ4v) is 2.56. The molecule has 0 spiro atoms. The molecule has 2 saturated heterocycles. The molecule has 0 aromatic carbocycles. The number of nitrogens with one attached hydrogen (secondary N) is 1. The molecule has 2 aliphatic rings. The lowest BCUT2D eigenvalue weighted by atomic mass is 9.93. The minimum absolute atomic E-state index is 0.741. The Balaban J connectivity index is 1.90. The standard InChI is InChI=1S/C11H22N2O/c1-10-3-4-12-9-11(10)13-5-2-7-14-8-6-13/h10-12H,2-9H2,1H3. The van der Waals surface area contributed by atoms with Crippen molar-refractivity contribution in [3.8, 4) is 0 Å². The molecule has 2 fully saturated rings. The first-order chi connectivity index (χ1) is 6.88. The number of hydrogen-bond donors (Lipinski definition) is 1. The molecule has 0 radical (unpaired) electrons. The zero-order valence-electron chi connectivity index (χ0n) is 9.17. The minimum atomic E-state index is 0.741. The molecular formula is C11H22N2O. The van der Waals surface area contributed by atoms with Gasteiger partial charge in [0.1, 0.15) is 0 Å². The first-order valence-corrected chi connectivity index (χ1v) is 5.90. The molecule has 3 heteroatoms. The van der Waals surface area contributed by atoms with E-state index in [9.17, 15) is 0 Å². The van der Waals surface area contributed by atoms with Gasteiger partial charge >= 0.3 is 0 Å². The summed E-state index contributed by atoms with van der Waals surface area (Å²) in [7, 11) is 0. The van der Waals surface area contributed by atoms with Crippen LogP contribution in [0.25, 0.3) is 0 Å². The number of rotatable bonds is 1. The van der Waals surface area contributed by atoms with Crippen LogP contribution < -0.4 is 5.32 Å². The van der Waals surface area contributed by atoms with Crippen LogP contribution in [-0.4, -0.2) is 50.3 Å². The van der Waals surface area contributed by atoms with Crippen molar-refractivity contribution in [1.82, 2.24) is 10.2 Å². The molecule has 0 aliphatic carbocycles. The van der Waals surface area contributed by atoms with E-state index >= 15 is 0 Å². The average Bonchev–Trinajstić information content (AvgIpc) is 2.47. The zero-order valence-corrected chi connectivity index (χ0v) is 9.17. The second-order valence-electron chi connectivity index (χ2n) is 4.54. The SMILES string of the molecule is CC1CCNCC1N1CCCOCC1. The quantitative estimate of drug-likeness (QED) is 0.671. The first kappa shape index (κ1) is 10.4. The lowest BCUT2D eigenvalue weighted by Gasteiger charge is -2.38. The monoisotopic (exact) mass is 198 g/mol. The van der Waals surface area contributed by atoms with Crippen molar-refractivity contribution >= 4 is 0 Å². The molecule has 3 nitrogen and oxygen atoms in total. The summed E-state index contributed by atoms with van der Waals surface area (Å²) in [6.07, 6.45) is 2.52. The smallest absolute Gasteiger partial charge is 0.0593 e. The summed E-state index contributed by atoms with van der Waals surface area (Å²) in [6.45, 7) is 8.96. The number of hydrogen-bond acceptors (Lipinski definition) is 3. The van der Waals surface area contributed by atoms with Gasteiger partial charge in [0, 0.05) is 32.3 Å². The lowest BCUT2D eigenvalue weighted by Crippen LogP contribution is -2.51. The molecule has 0 bridgehead atoms. The van der Waals surface area contributed by atoms with Crippen LogP contribution in [0.2, 0.25) is 0 Å². The van der Waals surface area contributed by atoms with Crippen LogP contribution in [-0.2, 0) is 4.74 Å². The van der Waals surface area contributed by atoms with Gasteiger partial charge in [-0.1, -0.05) is 6.92 Å². The van der Waals surface area contributed by atoms with Gasteiger partial charge in [0.15, 0.2) is 0 Å². The van der Waals surface area contributed by atoms with E-state index in [1.54, 1.807) is 0 Å². The van der Waals surface area contributed by atoms with Crippen molar-refractivity contribution in [2.45, 2.75) is 25.8 Å². The van der Waals surface area contributed by atoms with Crippen molar-refractivity contribution in [2.75, 3.05) is 39.4 Å². The van der Waals surface area contributed by atoms with Crippen molar-refractivity contribution in [2.24, 2.45) is 5.92 Å². The summed E-state index contributed by atoms with van der Waals surface area (Å²) >= 11 is 0. The van der Waals surface area contributed by atoms with Gasteiger partial charge in [-0.05, 0) is 25.3 Å². The number of ether oxygens (including phenoxy) is 1. The van der Waals surface area contributed by atoms with Gasteiger partial charge in [0.05, 0.1) is 6.61 Å². The van der Waals surface area contributed by atoms with Crippen molar-refractivity contribution in [1.29, 1.82) is 0 Å². The molecule has 2 unspecified atom stereocenters. The van der Waals surface area contributed by atoms with E-state index in [-0.39, 0.29) is 0 Å². The van der Waals surface area contributed by atoms with Crippen LogP contribution in [0.4, 0.5) is 0 Å². The maximum Gasteiger partial charge on any atom is 0.0593 e. The summed E-state index contributed by atoms with van der Waals surface area (Å²) in [5.74, 6) is 0.842. The minimum Gasteiger partial charge on any atom is -0.380 e. The molecule has 0 aromatic rings. The molecule has 2 rings (SSSR count).